The van der Waals surface area contributed by atoms with Crippen LogP contribution in [0.15, 0.2) is 35.4 Å². The monoisotopic (exact) mass is 528 g/mol. The number of fused-ring (bicyclic) bond motifs is 2. The fourth-order valence-corrected chi connectivity index (χ4v) is 4.20. The molecule has 0 aliphatic carbocycles. The van der Waals surface area contributed by atoms with Crippen molar-refractivity contribution in [1.82, 2.24) is 34.5 Å². The Balaban J connectivity index is 1.54. The van der Waals surface area contributed by atoms with Gasteiger partial charge >= 0.3 is 6.18 Å². The van der Waals surface area contributed by atoms with Gasteiger partial charge in [-0.1, -0.05) is 11.3 Å². The number of hydrogen-bond donors (Lipinski definition) is 1. The van der Waals surface area contributed by atoms with Gasteiger partial charge in [-0.25, -0.2) is 18.5 Å². The van der Waals surface area contributed by atoms with Crippen LogP contribution in [-0.4, -0.2) is 78.7 Å². The Morgan fingerprint density at radius 3 is 2.89 bits per heavy atom. The number of rotatable bonds is 4. The molecule has 1 fully saturated rings. The number of aromatic amines is 1. The maximum Gasteiger partial charge on any atom is 0.408 e. The van der Waals surface area contributed by atoms with Gasteiger partial charge in [-0.15, -0.1) is 5.10 Å². The van der Waals surface area contributed by atoms with Gasteiger partial charge in [0.25, 0.3) is 5.92 Å². The van der Waals surface area contributed by atoms with E-state index in [-0.39, 0.29) is 47.2 Å². The van der Waals surface area contributed by atoms with E-state index in [1.165, 1.54) is 29.8 Å². The molecule has 0 spiro atoms. The average molecular weight is 528 g/mol. The molecule has 4 aromatic rings. The Morgan fingerprint density at radius 2 is 2.19 bits per heavy atom. The molecule has 0 bridgehead atoms. The summed E-state index contributed by atoms with van der Waals surface area (Å²) in [5.74, 6) is -5.07. The molecular weight excluding hydrogens is 503 g/mol. The van der Waals surface area contributed by atoms with E-state index in [0.717, 1.165) is 0 Å². The van der Waals surface area contributed by atoms with Crippen LogP contribution in [0, 0.1) is 0 Å². The summed E-state index contributed by atoms with van der Waals surface area (Å²) < 4.78 is 106. The summed E-state index contributed by atoms with van der Waals surface area (Å²) in [6, 6.07) is 4.17. The van der Waals surface area contributed by atoms with Gasteiger partial charge in [0.2, 0.25) is 17.4 Å². The van der Waals surface area contributed by atoms with Crippen molar-refractivity contribution in [2.45, 2.75) is 38.0 Å². The van der Waals surface area contributed by atoms with Crippen LogP contribution in [0.5, 0.6) is 5.88 Å². The summed E-state index contributed by atoms with van der Waals surface area (Å²) in [6.45, 7) is -5.81. The van der Waals surface area contributed by atoms with E-state index in [2.05, 4.69) is 25.4 Å². The standard InChI is InChI=1S/C22H21F5N8O2/c1-12(36)33-7-6-17(21(23,24)10-33)28-20-29-19(37-2)18-14(5-8-34(18)31-20)13-3-4-15-16(9-13)35(32-30-15)11-22(25,26)27/h3-5,8-9,17H,6-7,10-11H2,1-2H3,(H,28,31)/t17-/m1/s1/i1D3,8D. The smallest absolute Gasteiger partial charge is 0.408 e. The lowest BCUT2D eigenvalue weighted by Gasteiger charge is -2.35. The second-order valence-electron chi connectivity index (χ2n) is 8.41. The van der Waals surface area contributed by atoms with Gasteiger partial charge in [0.15, 0.2) is 0 Å². The number of benzene rings is 1. The molecule has 1 N–H and O–H groups in total. The zero-order chi connectivity index (χ0) is 29.9. The molecule has 1 atom stereocenters. The van der Waals surface area contributed by atoms with Crippen LogP contribution in [0.2, 0.25) is 0 Å². The first-order valence-electron chi connectivity index (χ1n) is 12.9. The zero-order valence-corrected chi connectivity index (χ0v) is 19.1. The third-order valence-corrected chi connectivity index (χ3v) is 5.91. The molecule has 1 saturated heterocycles. The highest BCUT2D eigenvalue weighted by atomic mass is 19.4. The number of hydrogen-bond acceptors (Lipinski definition) is 6. The van der Waals surface area contributed by atoms with Gasteiger partial charge in [-0.2, -0.15) is 18.2 Å². The first-order chi connectivity index (χ1) is 19.1. The van der Waals surface area contributed by atoms with Crippen molar-refractivity contribution in [3.05, 3.63) is 36.1 Å². The topological polar surface area (TPSA) is 106 Å². The number of halogens is 5. The number of aromatic nitrogens is 6. The Bertz CT molecular complexity index is 1710. The molecule has 196 valence electrons. The lowest BCUT2D eigenvalue weighted by molar-refractivity contribution is -0.142. The van der Waals surface area contributed by atoms with Crippen LogP contribution in [0.1, 0.15) is 18.8 Å². The number of alkyl halides is 5. The number of carbonyl (C=O) groups is 1. The van der Waals surface area contributed by atoms with Crippen molar-refractivity contribution in [2.24, 2.45) is 4.99 Å². The number of amides is 1. The highest BCUT2D eigenvalue weighted by molar-refractivity contribution is 5.89. The van der Waals surface area contributed by atoms with Crippen LogP contribution < -0.4 is 10.4 Å². The van der Waals surface area contributed by atoms with Gasteiger partial charge in [-0.3, -0.25) is 14.4 Å². The van der Waals surface area contributed by atoms with E-state index in [1.807, 2.05) is 0 Å². The number of ether oxygens (including phenoxy) is 1. The maximum absolute atomic E-state index is 14.9. The van der Waals surface area contributed by atoms with E-state index in [0.29, 0.717) is 20.7 Å². The number of nitrogens with zero attached hydrogens (tertiary/aromatic N) is 7. The third-order valence-electron chi connectivity index (χ3n) is 5.91. The summed E-state index contributed by atoms with van der Waals surface area (Å²) in [6.07, 6.45) is -5.05. The summed E-state index contributed by atoms with van der Waals surface area (Å²) in [5.41, 5.74) is 0.904. The molecule has 3 aromatic heterocycles. The van der Waals surface area contributed by atoms with Gasteiger partial charge in [-0.05, 0) is 30.2 Å². The van der Waals surface area contributed by atoms with E-state index in [4.69, 9.17) is 10.2 Å². The van der Waals surface area contributed by atoms with Crippen LogP contribution in [0.3, 0.4) is 0 Å². The van der Waals surface area contributed by atoms with Crippen LogP contribution in [-0.2, 0) is 11.3 Å². The van der Waals surface area contributed by atoms with Gasteiger partial charge in [0, 0.05) is 29.2 Å². The van der Waals surface area contributed by atoms with Crippen molar-refractivity contribution < 1.29 is 37.0 Å². The molecule has 1 aliphatic rings. The van der Waals surface area contributed by atoms with E-state index >= 15 is 0 Å². The molecule has 1 amide bonds. The van der Waals surface area contributed by atoms with Crippen LogP contribution in [0.25, 0.3) is 27.7 Å². The van der Waals surface area contributed by atoms with Crippen molar-refractivity contribution in [3.8, 4) is 17.0 Å². The molecule has 4 heterocycles. The van der Waals surface area contributed by atoms with Crippen molar-refractivity contribution >= 4 is 22.5 Å². The van der Waals surface area contributed by atoms with Crippen molar-refractivity contribution in [2.75, 3.05) is 20.2 Å². The van der Waals surface area contributed by atoms with E-state index < -0.39 is 44.0 Å². The lowest BCUT2D eigenvalue weighted by atomic mass is 10.0. The number of methoxy groups -OCH3 is 1. The Morgan fingerprint density at radius 1 is 1.38 bits per heavy atom. The van der Waals surface area contributed by atoms with Crippen molar-refractivity contribution in [1.29, 1.82) is 0 Å². The molecule has 1 aliphatic heterocycles. The van der Waals surface area contributed by atoms with E-state index in [1.54, 1.807) is 6.07 Å². The largest absolute Gasteiger partial charge is 0.479 e. The quantitative estimate of drug-likeness (QED) is 0.410. The third kappa shape index (κ3) is 4.72. The summed E-state index contributed by atoms with van der Waals surface area (Å²) in [5, 5.41) is 9.97. The first kappa shape index (κ1) is 20.1. The van der Waals surface area contributed by atoms with Crippen LogP contribution >= 0.6 is 0 Å². The predicted molar refractivity (Wildman–Crippen MR) is 120 cm³/mol. The molecule has 0 radical (unpaired) electrons. The minimum absolute atomic E-state index is 0.0961. The predicted octanol–water partition coefficient (Wildman–Crippen LogP) is 2.80. The Hall–Kier alpha value is -4.04. The molecule has 1 aromatic carbocycles. The zero-order valence-electron chi connectivity index (χ0n) is 23.1. The van der Waals surface area contributed by atoms with Crippen molar-refractivity contribution in [3.63, 3.8) is 0 Å². The molecule has 0 saturated carbocycles. The number of H-pyrrole nitrogens is 1. The lowest BCUT2D eigenvalue weighted by Crippen LogP contribution is -2.52. The summed E-state index contributed by atoms with van der Waals surface area (Å²) in [7, 11) is 1.26. The first-order valence-corrected chi connectivity index (χ1v) is 10.9. The molecule has 0 unspecified atom stereocenters. The van der Waals surface area contributed by atoms with Gasteiger partial charge in [0.1, 0.15) is 23.6 Å². The molecule has 15 heteroatoms. The van der Waals surface area contributed by atoms with E-state index in [9.17, 15) is 26.7 Å². The number of piperidine rings is 1. The molecule has 5 rings (SSSR count). The normalized spacial score (nSPS) is 20.5. The number of nitrogens with one attached hydrogen (secondary N) is 1. The minimum Gasteiger partial charge on any atom is -0.479 e. The van der Waals surface area contributed by atoms with Gasteiger partial charge in [0.05, 0.1) is 20.5 Å². The number of carbonyl (C=O) groups excluding carboxylic acids is 1. The number of likely N-dealkylation sites (tertiary alicyclic amines) is 1. The Labute approximate surface area is 211 Å². The fraction of sp³-hybridized carbons (Fsp3) is 0.409. The second kappa shape index (κ2) is 8.81. The Kier molecular flexibility index (Phi) is 4.78. The second-order valence-corrected chi connectivity index (χ2v) is 8.41. The SMILES string of the molecule is [2H]c1cc(-c2ccc3nnn(CC(F)(F)F)c3c2)c2c(OC)nc(=N[C@@H]3CCN(C(=O)C([2H])([2H])[2H])CC3(F)F)[nH]n12. The van der Waals surface area contributed by atoms with Crippen LogP contribution in [0.4, 0.5) is 22.0 Å². The molecular formula is C22H21F5N8O2. The summed E-state index contributed by atoms with van der Waals surface area (Å²) in [4.78, 5) is 20.7. The average Bonchev–Trinajstić information content (AvgIpc) is 3.42. The minimum atomic E-state index is -4.53. The maximum atomic E-state index is 14.9. The summed E-state index contributed by atoms with van der Waals surface area (Å²) >= 11 is 0. The molecule has 37 heavy (non-hydrogen) atoms. The van der Waals surface area contributed by atoms with Gasteiger partial charge < -0.3 is 9.64 Å². The highest BCUT2D eigenvalue weighted by Gasteiger charge is 2.45. The fourth-order valence-electron chi connectivity index (χ4n) is 4.20. The molecule has 10 nitrogen and oxygen atoms in total. The highest BCUT2D eigenvalue weighted by Crippen LogP contribution is 2.33.